The van der Waals surface area contributed by atoms with E-state index in [1.165, 1.54) is 19.4 Å². The minimum absolute atomic E-state index is 0.424. The van der Waals surface area contributed by atoms with Gasteiger partial charge in [0.15, 0.2) is 0 Å². The van der Waals surface area contributed by atoms with Crippen molar-refractivity contribution in [1.82, 2.24) is 4.90 Å². The fourth-order valence-electron chi connectivity index (χ4n) is 2.73. The smallest absolute Gasteiger partial charge is 0.119 e. The molecule has 4 heteroatoms. The van der Waals surface area contributed by atoms with Gasteiger partial charge in [-0.1, -0.05) is 19.1 Å². The number of piperidine rings is 1. The van der Waals surface area contributed by atoms with E-state index in [2.05, 4.69) is 18.7 Å². The first-order valence-electron chi connectivity index (χ1n) is 7.34. The molecule has 0 aliphatic carbocycles. The van der Waals surface area contributed by atoms with Crippen LogP contribution in [-0.4, -0.2) is 35.6 Å². The molecule has 1 aromatic rings. The molecule has 2 rings (SSSR count). The molecule has 110 valence electrons. The third kappa shape index (κ3) is 3.93. The first-order chi connectivity index (χ1) is 9.58. The number of benzene rings is 1. The van der Waals surface area contributed by atoms with Gasteiger partial charge >= 0.3 is 0 Å². The Bertz CT molecular complexity index is 446. The summed E-state index contributed by atoms with van der Waals surface area (Å²) in [5.74, 6) is 1.66. The SMILES string of the molecule is CC1CCCN(CCOc2ccc(C(N)=S)cc2)C1C. The molecule has 0 amide bonds. The van der Waals surface area contributed by atoms with E-state index in [9.17, 15) is 0 Å². The van der Waals surface area contributed by atoms with Gasteiger partial charge in [0.25, 0.3) is 0 Å². The summed E-state index contributed by atoms with van der Waals surface area (Å²) in [6.07, 6.45) is 2.65. The third-order valence-corrected chi connectivity index (χ3v) is 4.53. The van der Waals surface area contributed by atoms with Gasteiger partial charge in [-0.3, -0.25) is 4.90 Å². The Morgan fingerprint density at radius 3 is 2.70 bits per heavy atom. The number of hydrogen-bond acceptors (Lipinski definition) is 3. The van der Waals surface area contributed by atoms with Crippen LogP contribution in [0.2, 0.25) is 0 Å². The number of likely N-dealkylation sites (tertiary alicyclic amines) is 1. The molecule has 2 N–H and O–H groups in total. The molecular formula is C16H24N2OS. The van der Waals surface area contributed by atoms with Crippen LogP contribution in [-0.2, 0) is 0 Å². The van der Waals surface area contributed by atoms with Crippen molar-refractivity contribution in [3.05, 3.63) is 29.8 Å². The van der Waals surface area contributed by atoms with Gasteiger partial charge in [0.05, 0.1) is 0 Å². The third-order valence-electron chi connectivity index (χ3n) is 4.29. The molecule has 2 unspecified atom stereocenters. The number of hydrogen-bond donors (Lipinski definition) is 1. The molecule has 1 aromatic carbocycles. The summed E-state index contributed by atoms with van der Waals surface area (Å²) in [6, 6.07) is 8.32. The van der Waals surface area contributed by atoms with Gasteiger partial charge < -0.3 is 10.5 Å². The number of rotatable bonds is 5. The van der Waals surface area contributed by atoms with Gasteiger partial charge in [-0.05, 0) is 56.5 Å². The van der Waals surface area contributed by atoms with Gasteiger partial charge in [-0.25, -0.2) is 0 Å². The zero-order chi connectivity index (χ0) is 14.5. The minimum Gasteiger partial charge on any atom is -0.492 e. The highest BCUT2D eigenvalue weighted by atomic mass is 32.1. The second kappa shape index (κ2) is 7.04. The fourth-order valence-corrected chi connectivity index (χ4v) is 2.87. The molecule has 2 atom stereocenters. The first-order valence-corrected chi connectivity index (χ1v) is 7.75. The molecule has 1 fully saturated rings. The minimum atomic E-state index is 0.424. The maximum Gasteiger partial charge on any atom is 0.119 e. The van der Waals surface area contributed by atoms with Crippen molar-refractivity contribution in [1.29, 1.82) is 0 Å². The van der Waals surface area contributed by atoms with Crippen LogP contribution in [0.3, 0.4) is 0 Å². The van der Waals surface area contributed by atoms with Crippen LogP contribution in [0.1, 0.15) is 32.3 Å². The molecular weight excluding hydrogens is 268 g/mol. The van der Waals surface area contributed by atoms with E-state index in [1.807, 2.05) is 24.3 Å². The fraction of sp³-hybridized carbons (Fsp3) is 0.562. The molecule has 0 aromatic heterocycles. The standard InChI is InChI=1S/C16H24N2OS/c1-12-4-3-9-18(13(12)2)10-11-19-15-7-5-14(6-8-15)16(17)20/h5-8,12-13H,3-4,9-11H2,1-2H3,(H2,17,20). The Morgan fingerprint density at radius 2 is 2.05 bits per heavy atom. The number of thiocarbonyl (C=S) groups is 1. The topological polar surface area (TPSA) is 38.5 Å². The lowest BCUT2D eigenvalue weighted by Gasteiger charge is -2.37. The van der Waals surface area contributed by atoms with E-state index in [1.54, 1.807) is 0 Å². The van der Waals surface area contributed by atoms with Crippen molar-refractivity contribution in [3.8, 4) is 5.75 Å². The highest BCUT2D eigenvalue weighted by Crippen LogP contribution is 2.22. The lowest BCUT2D eigenvalue weighted by molar-refractivity contribution is 0.0958. The summed E-state index contributed by atoms with van der Waals surface area (Å²) in [5.41, 5.74) is 6.45. The lowest BCUT2D eigenvalue weighted by Crippen LogP contribution is -2.44. The summed E-state index contributed by atoms with van der Waals surface area (Å²) < 4.78 is 5.80. The van der Waals surface area contributed by atoms with Crippen LogP contribution >= 0.6 is 12.2 Å². The highest BCUT2D eigenvalue weighted by molar-refractivity contribution is 7.80. The average molecular weight is 292 g/mol. The summed E-state index contributed by atoms with van der Waals surface area (Å²) >= 11 is 4.93. The van der Waals surface area contributed by atoms with E-state index < -0.39 is 0 Å². The summed E-state index contributed by atoms with van der Waals surface area (Å²) in [5, 5.41) is 0. The van der Waals surface area contributed by atoms with Gasteiger partial charge in [0, 0.05) is 18.2 Å². The van der Waals surface area contributed by atoms with E-state index >= 15 is 0 Å². The molecule has 3 nitrogen and oxygen atoms in total. The van der Waals surface area contributed by atoms with Gasteiger partial charge in [-0.2, -0.15) is 0 Å². The average Bonchev–Trinajstić information content (AvgIpc) is 2.44. The molecule has 0 spiro atoms. The molecule has 0 saturated carbocycles. The summed E-state index contributed by atoms with van der Waals surface area (Å²) in [4.78, 5) is 2.95. The summed E-state index contributed by atoms with van der Waals surface area (Å²) in [6.45, 7) is 7.56. The largest absolute Gasteiger partial charge is 0.492 e. The molecule has 0 bridgehead atoms. The number of nitrogens with two attached hydrogens (primary N) is 1. The van der Waals surface area contributed by atoms with Crippen LogP contribution in [0.5, 0.6) is 5.75 Å². The Morgan fingerprint density at radius 1 is 1.35 bits per heavy atom. The van der Waals surface area contributed by atoms with E-state index in [0.29, 0.717) is 11.0 Å². The lowest BCUT2D eigenvalue weighted by atomic mass is 9.92. The number of ether oxygens (including phenoxy) is 1. The van der Waals surface area contributed by atoms with Crippen LogP contribution in [0.4, 0.5) is 0 Å². The Kier molecular flexibility index (Phi) is 5.38. The second-order valence-corrected chi connectivity index (χ2v) is 6.07. The first kappa shape index (κ1) is 15.3. The Balaban J connectivity index is 1.79. The van der Waals surface area contributed by atoms with Crippen LogP contribution in [0.25, 0.3) is 0 Å². The maximum absolute atomic E-state index is 5.80. The Hall–Kier alpha value is -1.13. The van der Waals surface area contributed by atoms with Gasteiger partial charge in [-0.15, -0.1) is 0 Å². The van der Waals surface area contributed by atoms with Crippen molar-refractivity contribution in [3.63, 3.8) is 0 Å². The van der Waals surface area contributed by atoms with Crippen molar-refractivity contribution >= 4 is 17.2 Å². The van der Waals surface area contributed by atoms with Crippen molar-refractivity contribution in [2.45, 2.75) is 32.7 Å². The molecule has 1 aliphatic rings. The monoisotopic (exact) mass is 292 g/mol. The quantitative estimate of drug-likeness (QED) is 0.847. The summed E-state index contributed by atoms with van der Waals surface area (Å²) in [7, 11) is 0. The molecule has 20 heavy (non-hydrogen) atoms. The molecule has 0 radical (unpaired) electrons. The predicted molar refractivity (Wildman–Crippen MR) is 87.3 cm³/mol. The van der Waals surface area contributed by atoms with Gasteiger partial charge in [0.2, 0.25) is 0 Å². The van der Waals surface area contributed by atoms with Crippen LogP contribution in [0, 0.1) is 5.92 Å². The van der Waals surface area contributed by atoms with Crippen molar-refractivity contribution < 1.29 is 4.74 Å². The molecule has 1 heterocycles. The van der Waals surface area contributed by atoms with Crippen molar-refractivity contribution in [2.24, 2.45) is 11.7 Å². The zero-order valence-electron chi connectivity index (χ0n) is 12.3. The number of nitrogens with zero attached hydrogens (tertiary/aromatic N) is 1. The zero-order valence-corrected chi connectivity index (χ0v) is 13.2. The second-order valence-electron chi connectivity index (χ2n) is 5.63. The molecule has 1 saturated heterocycles. The van der Waals surface area contributed by atoms with Crippen LogP contribution in [0.15, 0.2) is 24.3 Å². The Labute approximate surface area is 127 Å². The van der Waals surface area contributed by atoms with Crippen LogP contribution < -0.4 is 10.5 Å². The van der Waals surface area contributed by atoms with E-state index in [-0.39, 0.29) is 0 Å². The maximum atomic E-state index is 5.80. The van der Waals surface area contributed by atoms with Gasteiger partial charge in [0.1, 0.15) is 17.3 Å². The molecule has 1 aliphatic heterocycles. The van der Waals surface area contributed by atoms with E-state index in [0.717, 1.165) is 30.4 Å². The normalized spacial score (nSPS) is 23.5. The highest BCUT2D eigenvalue weighted by Gasteiger charge is 2.23. The van der Waals surface area contributed by atoms with E-state index in [4.69, 9.17) is 22.7 Å². The van der Waals surface area contributed by atoms with Crippen molar-refractivity contribution in [2.75, 3.05) is 19.7 Å². The predicted octanol–water partition coefficient (Wildman–Crippen LogP) is 2.82.